The average molecular weight is 224 g/mol. The highest BCUT2D eigenvalue weighted by Gasteiger charge is 2.19. The molecule has 0 saturated heterocycles. The van der Waals surface area contributed by atoms with Crippen LogP contribution in [0.5, 0.6) is 0 Å². The summed E-state index contributed by atoms with van der Waals surface area (Å²) in [4.78, 5) is 25.5. The maximum atomic E-state index is 11.5. The van der Waals surface area contributed by atoms with Crippen molar-refractivity contribution in [3.05, 3.63) is 33.1 Å². The summed E-state index contributed by atoms with van der Waals surface area (Å²) in [5.41, 5.74) is 0.685. The Kier molecular flexibility index (Phi) is 3.55. The van der Waals surface area contributed by atoms with Gasteiger partial charge in [-0.3, -0.25) is 15.1 Å². The van der Waals surface area contributed by atoms with Gasteiger partial charge in [0.05, 0.1) is 22.8 Å². The predicted octanol–water partition coefficient (Wildman–Crippen LogP) is 1.78. The second-order valence-electron chi connectivity index (χ2n) is 3.20. The third-order valence-electron chi connectivity index (χ3n) is 2.07. The molecule has 0 bridgehead atoms. The van der Waals surface area contributed by atoms with E-state index in [0.29, 0.717) is 5.69 Å². The monoisotopic (exact) mass is 224 g/mol. The molecule has 1 heterocycles. The Balaban J connectivity index is 3.24. The van der Waals surface area contributed by atoms with Crippen molar-refractivity contribution < 1.29 is 14.5 Å². The molecule has 0 aromatic carbocycles. The molecule has 0 aliphatic rings. The third kappa shape index (κ3) is 2.33. The van der Waals surface area contributed by atoms with Gasteiger partial charge in [0.2, 0.25) is 0 Å². The Morgan fingerprint density at radius 1 is 1.50 bits per heavy atom. The Bertz CT molecular complexity index is 443. The standard InChI is InChI=1S/C10H12N2O4/c1-4-16-10(13)8-5-9(12(14)15)7(3)11-6(8)2/h5H,4H2,1-3H3. The average Bonchev–Trinajstić information content (AvgIpc) is 2.17. The molecule has 0 fully saturated rings. The molecule has 0 amide bonds. The van der Waals surface area contributed by atoms with Crippen molar-refractivity contribution in [3.8, 4) is 0 Å². The molecule has 1 aromatic heterocycles. The number of nitrogens with zero attached hydrogens (tertiary/aromatic N) is 2. The van der Waals surface area contributed by atoms with E-state index in [-0.39, 0.29) is 23.6 Å². The summed E-state index contributed by atoms with van der Waals surface area (Å²) in [7, 11) is 0. The maximum Gasteiger partial charge on any atom is 0.340 e. The number of esters is 1. The fraction of sp³-hybridized carbons (Fsp3) is 0.400. The maximum absolute atomic E-state index is 11.5. The second-order valence-corrected chi connectivity index (χ2v) is 3.20. The van der Waals surface area contributed by atoms with Crippen molar-refractivity contribution in [1.82, 2.24) is 4.98 Å². The van der Waals surface area contributed by atoms with Crippen LogP contribution in [0.25, 0.3) is 0 Å². The SMILES string of the molecule is CCOC(=O)c1cc([N+](=O)[O-])c(C)nc1C. The molecule has 16 heavy (non-hydrogen) atoms. The molecule has 0 unspecified atom stereocenters. The predicted molar refractivity (Wildman–Crippen MR) is 56.3 cm³/mol. The van der Waals surface area contributed by atoms with Crippen LogP contribution >= 0.6 is 0 Å². The van der Waals surface area contributed by atoms with Gasteiger partial charge in [-0.2, -0.15) is 0 Å². The molecule has 1 aromatic rings. The first-order valence-corrected chi connectivity index (χ1v) is 4.77. The fourth-order valence-electron chi connectivity index (χ4n) is 1.31. The number of hydrogen-bond acceptors (Lipinski definition) is 5. The van der Waals surface area contributed by atoms with Gasteiger partial charge in [0.15, 0.2) is 0 Å². The molecule has 1 rings (SSSR count). The van der Waals surface area contributed by atoms with E-state index in [1.54, 1.807) is 13.8 Å². The molecule has 0 N–H and O–H groups in total. The molecule has 0 saturated carbocycles. The molecule has 86 valence electrons. The summed E-state index contributed by atoms with van der Waals surface area (Å²) < 4.78 is 4.78. The van der Waals surface area contributed by atoms with E-state index in [4.69, 9.17) is 4.74 Å². The van der Waals surface area contributed by atoms with Crippen LogP contribution in [0, 0.1) is 24.0 Å². The summed E-state index contributed by atoms with van der Waals surface area (Å²) in [6, 6.07) is 1.20. The zero-order valence-corrected chi connectivity index (χ0v) is 9.31. The highest BCUT2D eigenvalue weighted by molar-refractivity contribution is 5.91. The summed E-state index contributed by atoms with van der Waals surface area (Å²) in [5.74, 6) is -0.587. The second kappa shape index (κ2) is 4.69. The van der Waals surface area contributed by atoms with Crippen molar-refractivity contribution in [2.75, 3.05) is 6.61 Å². The van der Waals surface area contributed by atoms with Gasteiger partial charge in [0.1, 0.15) is 5.69 Å². The molecular formula is C10H12N2O4. The van der Waals surface area contributed by atoms with E-state index in [9.17, 15) is 14.9 Å². The third-order valence-corrected chi connectivity index (χ3v) is 2.07. The van der Waals surface area contributed by atoms with Crippen molar-refractivity contribution in [2.24, 2.45) is 0 Å². The lowest BCUT2D eigenvalue weighted by Gasteiger charge is -2.05. The lowest BCUT2D eigenvalue weighted by Crippen LogP contribution is -2.09. The molecule has 0 aliphatic heterocycles. The highest BCUT2D eigenvalue weighted by atomic mass is 16.6. The van der Waals surface area contributed by atoms with Crippen LogP contribution in [-0.4, -0.2) is 22.5 Å². The van der Waals surface area contributed by atoms with Gasteiger partial charge < -0.3 is 4.74 Å². The minimum Gasteiger partial charge on any atom is -0.462 e. The van der Waals surface area contributed by atoms with Crippen molar-refractivity contribution in [2.45, 2.75) is 20.8 Å². The number of pyridine rings is 1. The molecular weight excluding hydrogens is 212 g/mol. The van der Waals surface area contributed by atoms with E-state index >= 15 is 0 Å². The minimum absolute atomic E-state index is 0.138. The Morgan fingerprint density at radius 2 is 2.12 bits per heavy atom. The number of carbonyl (C=O) groups is 1. The molecule has 0 aliphatic carbocycles. The topological polar surface area (TPSA) is 82.3 Å². The molecule has 0 spiro atoms. The Hall–Kier alpha value is -1.98. The Morgan fingerprint density at radius 3 is 2.62 bits per heavy atom. The normalized spacial score (nSPS) is 9.94. The zero-order chi connectivity index (χ0) is 12.3. The van der Waals surface area contributed by atoms with E-state index in [1.807, 2.05) is 0 Å². The summed E-state index contributed by atoms with van der Waals surface area (Å²) in [6.45, 7) is 5.03. The van der Waals surface area contributed by atoms with Crippen molar-refractivity contribution in [3.63, 3.8) is 0 Å². The van der Waals surface area contributed by atoms with Crippen LogP contribution in [0.1, 0.15) is 28.7 Å². The lowest BCUT2D eigenvalue weighted by molar-refractivity contribution is -0.385. The summed E-state index contributed by atoms with van der Waals surface area (Å²) in [6.07, 6.45) is 0. The number of rotatable bonds is 3. The largest absolute Gasteiger partial charge is 0.462 e. The Labute approximate surface area is 92.4 Å². The van der Waals surface area contributed by atoms with Crippen molar-refractivity contribution in [1.29, 1.82) is 0 Å². The first kappa shape index (κ1) is 12.1. The number of aromatic nitrogens is 1. The van der Waals surface area contributed by atoms with Gasteiger partial charge in [-0.05, 0) is 20.8 Å². The summed E-state index contributed by atoms with van der Waals surface area (Å²) >= 11 is 0. The van der Waals surface area contributed by atoms with Gasteiger partial charge >= 0.3 is 5.97 Å². The van der Waals surface area contributed by atoms with Crippen LogP contribution in [0.3, 0.4) is 0 Å². The fourth-order valence-corrected chi connectivity index (χ4v) is 1.31. The van der Waals surface area contributed by atoms with Gasteiger partial charge in [-0.25, -0.2) is 4.79 Å². The number of hydrogen-bond donors (Lipinski definition) is 0. The number of aryl methyl sites for hydroxylation is 2. The van der Waals surface area contributed by atoms with Gasteiger partial charge in [0, 0.05) is 6.07 Å². The van der Waals surface area contributed by atoms with Gasteiger partial charge in [-0.15, -0.1) is 0 Å². The van der Waals surface area contributed by atoms with Gasteiger partial charge in [-0.1, -0.05) is 0 Å². The number of carbonyl (C=O) groups excluding carboxylic acids is 1. The van der Waals surface area contributed by atoms with E-state index in [1.165, 1.54) is 13.0 Å². The van der Waals surface area contributed by atoms with E-state index in [2.05, 4.69) is 4.98 Å². The van der Waals surface area contributed by atoms with E-state index in [0.717, 1.165) is 0 Å². The van der Waals surface area contributed by atoms with Gasteiger partial charge in [0.25, 0.3) is 5.69 Å². The minimum atomic E-state index is -0.587. The zero-order valence-electron chi connectivity index (χ0n) is 9.31. The van der Waals surface area contributed by atoms with Crippen LogP contribution in [-0.2, 0) is 4.74 Å². The van der Waals surface area contributed by atoms with Crippen molar-refractivity contribution >= 4 is 11.7 Å². The van der Waals surface area contributed by atoms with Crippen LogP contribution < -0.4 is 0 Å². The quantitative estimate of drug-likeness (QED) is 0.444. The molecule has 6 nitrogen and oxygen atoms in total. The number of ether oxygens (including phenoxy) is 1. The molecule has 0 radical (unpaired) electrons. The van der Waals surface area contributed by atoms with Crippen LogP contribution in [0.15, 0.2) is 6.07 Å². The lowest BCUT2D eigenvalue weighted by atomic mass is 10.1. The smallest absolute Gasteiger partial charge is 0.340 e. The summed E-state index contributed by atoms with van der Waals surface area (Å²) in [5, 5.41) is 10.7. The number of nitro groups is 1. The molecule has 0 atom stereocenters. The van der Waals surface area contributed by atoms with Crippen LogP contribution in [0.4, 0.5) is 5.69 Å². The molecule has 6 heteroatoms. The first-order chi connectivity index (χ1) is 7.47. The highest BCUT2D eigenvalue weighted by Crippen LogP contribution is 2.20. The van der Waals surface area contributed by atoms with Crippen LogP contribution in [0.2, 0.25) is 0 Å². The van der Waals surface area contributed by atoms with E-state index < -0.39 is 10.9 Å². The first-order valence-electron chi connectivity index (χ1n) is 4.77.